The largest absolute Gasteiger partial charge is 0.870 e. The van der Waals surface area contributed by atoms with E-state index in [1.54, 1.807) is 29.4 Å². The van der Waals surface area contributed by atoms with Crippen molar-refractivity contribution in [2.24, 2.45) is 0 Å². The van der Waals surface area contributed by atoms with E-state index >= 15 is 0 Å². The molecular weight excluding hydrogens is 158 g/mol. The lowest BCUT2D eigenvalue weighted by Gasteiger charge is -1.90. The standard InChI is InChI=1S/C8H7NO2.H2O/c10-6-5-7-3-1-2-4-8(7)9-11;/h1-4,6H,5H2;1H2. The summed E-state index contributed by atoms with van der Waals surface area (Å²) in [5, 5.41) is 1.77. The van der Waals surface area contributed by atoms with Crippen LogP contribution in [0.4, 0.5) is 5.69 Å². The molecule has 2 N–H and O–H groups in total. The first kappa shape index (κ1) is 10.4. The van der Waals surface area contributed by atoms with E-state index in [9.17, 15) is 9.70 Å². The summed E-state index contributed by atoms with van der Waals surface area (Å²) >= 11 is 0. The molecule has 64 valence electrons. The van der Waals surface area contributed by atoms with Crippen molar-refractivity contribution < 1.29 is 15.4 Å². The maximum Gasteiger partial charge on any atom is 0.256 e. The molecule has 1 aromatic carbocycles. The van der Waals surface area contributed by atoms with E-state index in [1.165, 1.54) is 0 Å². The fraction of sp³-hybridized carbons (Fsp3) is 0.125. The van der Waals surface area contributed by atoms with Gasteiger partial charge in [0.15, 0.2) is 0 Å². The SMILES string of the molecule is O=CCc1ccccc1[NH+]=O.[OH-]. The summed E-state index contributed by atoms with van der Waals surface area (Å²) in [6.45, 7) is 0. The lowest BCUT2D eigenvalue weighted by Crippen LogP contribution is -2.56. The number of nitroso groups, excluding NO2 is 1. The van der Waals surface area contributed by atoms with Gasteiger partial charge in [-0.2, -0.15) is 0 Å². The summed E-state index contributed by atoms with van der Waals surface area (Å²) in [6.07, 6.45) is 1.06. The van der Waals surface area contributed by atoms with Crippen molar-refractivity contribution in [1.82, 2.24) is 0 Å². The molecule has 1 rings (SSSR count). The fourth-order valence-corrected chi connectivity index (χ4v) is 0.888. The molecule has 0 heterocycles. The molecule has 0 aliphatic heterocycles. The van der Waals surface area contributed by atoms with E-state index < -0.39 is 0 Å². The van der Waals surface area contributed by atoms with Gasteiger partial charge in [0.2, 0.25) is 0 Å². The van der Waals surface area contributed by atoms with Crippen molar-refractivity contribution in [3.63, 3.8) is 0 Å². The number of nitrogens with one attached hydrogen (secondary N) is 1. The van der Waals surface area contributed by atoms with Crippen LogP contribution in [0, 0.1) is 4.91 Å². The molecule has 0 radical (unpaired) electrons. The van der Waals surface area contributed by atoms with Gasteiger partial charge in [-0.15, -0.1) is 0 Å². The molecule has 0 spiro atoms. The van der Waals surface area contributed by atoms with Crippen LogP contribution in [-0.2, 0) is 11.2 Å². The third-order valence-electron chi connectivity index (χ3n) is 1.43. The minimum atomic E-state index is 0. The Labute approximate surface area is 69.5 Å². The Morgan fingerprint density at radius 1 is 1.33 bits per heavy atom. The van der Waals surface area contributed by atoms with E-state index in [0.717, 1.165) is 11.8 Å². The molecule has 0 saturated heterocycles. The zero-order valence-corrected chi connectivity index (χ0v) is 6.36. The first-order valence-electron chi connectivity index (χ1n) is 3.28. The van der Waals surface area contributed by atoms with Gasteiger partial charge in [0.05, 0.1) is 0 Å². The number of hydrogen-bond donors (Lipinski definition) is 1. The van der Waals surface area contributed by atoms with Crippen molar-refractivity contribution in [3.05, 3.63) is 34.7 Å². The number of carbonyl (C=O) groups excluding carboxylic acids is 1. The predicted molar refractivity (Wildman–Crippen MR) is 42.1 cm³/mol. The quantitative estimate of drug-likeness (QED) is 0.629. The van der Waals surface area contributed by atoms with Crippen LogP contribution in [-0.4, -0.2) is 11.8 Å². The fourth-order valence-electron chi connectivity index (χ4n) is 0.888. The molecule has 0 fully saturated rings. The second kappa shape index (κ2) is 5.15. The Balaban J connectivity index is 0.00000121. The number of aldehydes is 1. The number of carbonyl (C=O) groups is 1. The van der Waals surface area contributed by atoms with Crippen LogP contribution in [0.1, 0.15) is 5.56 Å². The van der Waals surface area contributed by atoms with Gasteiger partial charge in [0, 0.05) is 28.1 Å². The van der Waals surface area contributed by atoms with E-state index in [2.05, 4.69) is 0 Å². The molecule has 0 aliphatic carbocycles. The lowest BCUT2D eigenvalue weighted by atomic mass is 10.1. The topological polar surface area (TPSA) is 78.1 Å². The average Bonchev–Trinajstić information content (AvgIpc) is 2.06. The maximum atomic E-state index is 10.3. The second-order valence-electron chi connectivity index (χ2n) is 2.13. The van der Waals surface area contributed by atoms with Crippen LogP contribution >= 0.6 is 0 Å². The summed E-state index contributed by atoms with van der Waals surface area (Å²) < 4.78 is 0. The molecule has 0 aliphatic rings. The highest BCUT2D eigenvalue weighted by atomic mass is 16.3. The molecule has 0 unspecified atom stereocenters. The smallest absolute Gasteiger partial charge is 0.256 e. The third-order valence-corrected chi connectivity index (χ3v) is 1.43. The Hall–Kier alpha value is -1.55. The van der Waals surface area contributed by atoms with Gasteiger partial charge >= 0.3 is 0 Å². The molecule has 4 heteroatoms. The van der Waals surface area contributed by atoms with Gasteiger partial charge in [-0.3, -0.25) is 0 Å². The minimum Gasteiger partial charge on any atom is -0.870 e. The summed E-state index contributed by atoms with van der Waals surface area (Å²) in [6, 6.07) is 6.93. The van der Waals surface area contributed by atoms with Gasteiger partial charge in [-0.25, -0.2) is 0 Å². The highest BCUT2D eigenvalue weighted by Gasteiger charge is 2.04. The number of benzene rings is 1. The van der Waals surface area contributed by atoms with Crippen LogP contribution < -0.4 is 5.18 Å². The summed E-state index contributed by atoms with van der Waals surface area (Å²) in [4.78, 5) is 20.4. The molecule has 0 aromatic heterocycles. The van der Waals surface area contributed by atoms with Gasteiger partial charge in [0.1, 0.15) is 6.29 Å². The molecule has 0 atom stereocenters. The van der Waals surface area contributed by atoms with Crippen molar-refractivity contribution in [2.45, 2.75) is 6.42 Å². The molecule has 1 aromatic rings. The Bertz CT molecular complexity index is 273. The van der Waals surface area contributed by atoms with Crippen LogP contribution in [0.5, 0.6) is 0 Å². The normalized spacial score (nSPS) is 8.33. The first-order chi connectivity index (χ1) is 5.38. The zero-order valence-electron chi connectivity index (χ0n) is 6.36. The zero-order chi connectivity index (χ0) is 8.10. The van der Waals surface area contributed by atoms with E-state index in [0.29, 0.717) is 5.69 Å². The highest BCUT2D eigenvalue weighted by Crippen LogP contribution is 2.07. The van der Waals surface area contributed by atoms with Gasteiger partial charge in [0.25, 0.3) is 5.69 Å². The van der Waals surface area contributed by atoms with Gasteiger partial charge < -0.3 is 10.3 Å². The number of rotatable bonds is 3. The predicted octanol–water partition coefficient (Wildman–Crippen LogP) is -0.270. The van der Waals surface area contributed by atoms with Gasteiger partial charge in [-0.1, -0.05) is 18.2 Å². The van der Waals surface area contributed by atoms with Crippen molar-refractivity contribution >= 4 is 12.0 Å². The molecule has 0 saturated carbocycles. The summed E-state index contributed by atoms with van der Waals surface area (Å²) in [7, 11) is 0. The van der Waals surface area contributed by atoms with Crippen LogP contribution in [0.3, 0.4) is 0 Å². The molecule has 0 bridgehead atoms. The maximum absolute atomic E-state index is 10.3. The number of para-hydroxylation sites is 1. The number of hydrogen-bond acceptors (Lipinski definition) is 3. The molecular formula is C8H9NO3. The molecule has 0 amide bonds. The Morgan fingerprint density at radius 2 is 2.00 bits per heavy atom. The first-order valence-corrected chi connectivity index (χ1v) is 3.28. The average molecular weight is 167 g/mol. The van der Waals surface area contributed by atoms with E-state index in [1.807, 2.05) is 0 Å². The van der Waals surface area contributed by atoms with E-state index in [-0.39, 0.29) is 11.9 Å². The molecule has 4 nitrogen and oxygen atoms in total. The van der Waals surface area contributed by atoms with Crippen molar-refractivity contribution in [3.8, 4) is 0 Å². The van der Waals surface area contributed by atoms with Crippen LogP contribution in [0.2, 0.25) is 0 Å². The Morgan fingerprint density at radius 3 is 2.58 bits per heavy atom. The summed E-state index contributed by atoms with van der Waals surface area (Å²) in [5.41, 5.74) is 1.21. The lowest BCUT2D eigenvalue weighted by molar-refractivity contribution is -0.380. The monoisotopic (exact) mass is 167 g/mol. The second-order valence-corrected chi connectivity index (χ2v) is 2.13. The van der Waals surface area contributed by atoms with Crippen LogP contribution in [0.25, 0.3) is 0 Å². The van der Waals surface area contributed by atoms with Crippen LogP contribution in [0.15, 0.2) is 24.3 Å². The van der Waals surface area contributed by atoms with Crippen molar-refractivity contribution in [2.75, 3.05) is 0 Å². The summed E-state index contributed by atoms with van der Waals surface area (Å²) in [5.74, 6) is 0. The molecule has 12 heavy (non-hydrogen) atoms. The van der Waals surface area contributed by atoms with Crippen molar-refractivity contribution in [1.29, 1.82) is 0 Å². The van der Waals surface area contributed by atoms with E-state index in [4.69, 9.17) is 0 Å². The highest BCUT2D eigenvalue weighted by molar-refractivity contribution is 5.58. The van der Waals surface area contributed by atoms with Gasteiger partial charge in [-0.05, 0) is 0 Å². The third kappa shape index (κ3) is 2.25. The Kier molecular flexibility index (Phi) is 4.48. The minimum absolute atomic E-state index is 0.